The van der Waals surface area contributed by atoms with Crippen molar-refractivity contribution in [3.8, 4) is 0 Å². The molecule has 2 rings (SSSR count). The summed E-state index contributed by atoms with van der Waals surface area (Å²) in [5.74, 6) is -0.132. The molecule has 0 saturated carbocycles. The lowest BCUT2D eigenvalue weighted by atomic mass is 9.90. The van der Waals surface area contributed by atoms with Gasteiger partial charge in [0.15, 0.2) is 5.60 Å². The molecule has 4 nitrogen and oxygen atoms in total. The van der Waals surface area contributed by atoms with Crippen molar-refractivity contribution in [1.82, 2.24) is 9.80 Å². The summed E-state index contributed by atoms with van der Waals surface area (Å²) in [5, 5.41) is 10.8. The van der Waals surface area contributed by atoms with Crippen molar-refractivity contribution < 1.29 is 9.90 Å². The van der Waals surface area contributed by atoms with Crippen LogP contribution in [0.5, 0.6) is 0 Å². The zero-order valence-electron chi connectivity index (χ0n) is 14.2. The minimum Gasteiger partial charge on any atom is -0.379 e. The number of piperidine rings is 1. The topological polar surface area (TPSA) is 43.8 Å². The maximum absolute atomic E-state index is 12.7. The Morgan fingerprint density at radius 2 is 2.14 bits per heavy atom. The molecule has 1 N–H and O–H groups in total. The van der Waals surface area contributed by atoms with Crippen LogP contribution in [0.3, 0.4) is 0 Å². The molecule has 0 radical (unpaired) electrons. The first-order valence-corrected chi connectivity index (χ1v) is 8.09. The van der Waals surface area contributed by atoms with Crippen LogP contribution in [0, 0.1) is 6.92 Å². The van der Waals surface area contributed by atoms with Gasteiger partial charge < -0.3 is 14.9 Å². The second-order valence-electron chi connectivity index (χ2n) is 6.86. The van der Waals surface area contributed by atoms with Gasteiger partial charge in [0.25, 0.3) is 5.91 Å². The van der Waals surface area contributed by atoms with Gasteiger partial charge in [-0.25, -0.2) is 0 Å². The van der Waals surface area contributed by atoms with Crippen LogP contribution in [0.15, 0.2) is 24.3 Å². The molecule has 1 heterocycles. The van der Waals surface area contributed by atoms with E-state index in [1.54, 1.807) is 4.90 Å². The van der Waals surface area contributed by atoms with Crippen LogP contribution >= 0.6 is 0 Å². The van der Waals surface area contributed by atoms with Crippen molar-refractivity contribution in [1.29, 1.82) is 0 Å². The third-order valence-corrected chi connectivity index (χ3v) is 4.55. The van der Waals surface area contributed by atoms with E-state index < -0.39 is 5.60 Å². The molecule has 122 valence electrons. The highest BCUT2D eigenvalue weighted by molar-refractivity contribution is 5.86. The molecule has 1 aromatic rings. The van der Waals surface area contributed by atoms with Gasteiger partial charge in [-0.15, -0.1) is 0 Å². The number of carbonyl (C=O) groups is 1. The zero-order chi connectivity index (χ0) is 16.3. The van der Waals surface area contributed by atoms with Gasteiger partial charge in [0.05, 0.1) is 0 Å². The molecule has 4 heteroatoms. The second-order valence-corrected chi connectivity index (χ2v) is 6.86. The summed E-state index contributed by atoms with van der Waals surface area (Å²) < 4.78 is 0. The van der Waals surface area contributed by atoms with Crippen molar-refractivity contribution in [3.05, 3.63) is 35.4 Å². The molecule has 0 spiro atoms. The Hall–Kier alpha value is -1.39. The maximum Gasteiger partial charge on any atom is 0.256 e. The van der Waals surface area contributed by atoms with Crippen molar-refractivity contribution in [2.45, 2.75) is 51.8 Å². The summed E-state index contributed by atoms with van der Waals surface area (Å²) >= 11 is 0. The lowest BCUT2D eigenvalue weighted by Gasteiger charge is -2.41. The van der Waals surface area contributed by atoms with Gasteiger partial charge in [-0.05, 0) is 46.2 Å². The SMILES string of the molecule is Cc1cccc(CN2CCCC(O)(CN(C)C(C)C)C2=O)c1. The van der Waals surface area contributed by atoms with E-state index in [9.17, 15) is 9.90 Å². The third kappa shape index (κ3) is 3.87. The number of carbonyl (C=O) groups excluding carboxylic acids is 1. The van der Waals surface area contributed by atoms with Crippen molar-refractivity contribution in [3.63, 3.8) is 0 Å². The third-order valence-electron chi connectivity index (χ3n) is 4.55. The van der Waals surface area contributed by atoms with E-state index in [1.807, 2.05) is 24.1 Å². The average molecular weight is 304 g/mol. The van der Waals surface area contributed by atoms with E-state index in [-0.39, 0.29) is 5.91 Å². The number of aryl methyl sites for hydroxylation is 1. The Bertz CT molecular complexity index is 530. The lowest BCUT2D eigenvalue weighted by molar-refractivity contribution is -0.160. The minimum atomic E-state index is -1.25. The van der Waals surface area contributed by atoms with E-state index in [4.69, 9.17) is 0 Å². The first-order chi connectivity index (χ1) is 10.3. The van der Waals surface area contributed by atoms with Gasteiger partial charge in [0.1, 0.15) is 0 Å². The van der Waals surface area contributed by atoms with Gasteiger partial charge in [0.2, 0.25) is 0 Å². The van der Waals surface area contributed by atoms with Gasteiger partial charge in [-0.3, -0.25) is 4.79 Å². The molecule has 0 aliphatic carbocycles. The Morgan fingerprint density at radius 3 is 2.77 bits per heavy atom. The number of hydrogen-bond acceptors (Lipinski definition) is 3. The highest BCUT2D eigenvalue weighted by atomic mass is 16.3. The predicted molar refractivity (Wildman–Crippen MR) is 88.5 cm³/mol. The Labute approximate surface area is 133 Å². The fraction of sp³-hybridized carbons (Fsp3) is 0.611. The maximum atomic E-state index is 12.7. The quantitative estimate of drug-likeness (QED) is 0.907. The molecule has 1 aliphatic heterocycles. The van der Waals surface area contributed by atoms with Crippen LogP contribution in [0.2, 0.25) is 0 Å². The largest absolute Gasteiger partial charge is 0.379 e. The Kier molecular flexibility index (Phi) is 5.24. The van der Waals surface area contributed by atoms with Gasteiger partial charge in [-0.2, -0.15) is 0 Å². The summed E-state index contributed by atoms with van der Waals surface area (Å²) in [5.41, 5.74) is 1.06. The average Bonchev–Trinajstić information content (AvgIpc) is 2.44. The molecule has 22 heavy (non-hydrogen) atoms. The second kappa shape index (κ2) is 6.80. The van der Waals surface area contributed by atoms with Gasteiger partial charge >= 0.3 is 0 Å². The predicted octanol–water partition coefficient (Wildman–Crippen LogP) is 2.19. The van der Waals surface area contributed by atoms with Crippen LogP contribution < -0.4 is 0 Å². The van der Waals surface area contributed by atoms with Crippen molar-refractivity contribution >= 4 is 5.91 Å². The number of likely N-dealkylation sites (tertiary alicyclic amines) is 1. The minimum absolute atomic E-state index is 0.132. The molecule has 1 atom stereocenters. The Balaban J connectivity index is 2.09. The van der Waals surface area contributed by atoms with E-state index >= 15 is 0 Å². The smallest absolute Gasteiger partial charge is 0.256 e. The number of nitrogens with zero attached hydrogens (tertiary/aromatic N) is 2. The fourth-order valence-corrected chi connectivity index (χ4v) is 2.99. The number of aliphatic hydroxyl groups is 1. The summed E-state index contributed by atoms with van der Waals surface area (Å²) in [6.07, 6.45) is 1.40. The molecular weight excluding hydrogens is 276 g/mol. The molecule has 0 aromatic heterocycles. The summed E-state index contributed by atoms with van der Waals surface area (Å²) in [6, 6.07) is 8.51. The number of benzene rings is 1. The first kappa shape index (κ1) is 17.0. The first-order valence-electron chi connectivity index (χ1n) is 8.09. The summed E-state index contributed by atoms with van der Waals surface area (Å²) in [6.45, 7) is 7.89. The molecular formula is C18H28N2O2. The monoisotopic (exact) mass is 304 g/mol. The van der Waals surface area contributed by atoms with Crippen molar-refractivity contribution in [2.75, 3.05) is 20.1 Å². The van der Waals surface area contributed by atoms with E-state index in [0.29, 0.717) is 25.6 Å². The molecule has 1 aliphatic rings. The molecule has 1 amide bonds. The highest BCUT2D eigenvalue weighted by Crippen LogP contribution is 2.25. The highest BCUT2D eigenvalue weighted by Gasteiger charge is 2.43. The number of rotatable bonds is 5. The van der Waals surface area contributed by atoms with Crippen LogP contribution in [0.4, 0.5) is 0 Å². The van der Waals surface area contributed by atoms with Crippen LogP contribution in [-0.4, -0.2) is 52.6 Å². The fourth-order valence-electron chi connectivity index (χ4n) is 2.99. The Morgan fingerprint density at radius 1 is 1.41 bits per heavy atom. The van der Waals surface area contributed by atoms with Crippen LogP contribution in [0.1, 0.15) is 37.8 Å². The van der Waals surface area contributed by atoms with E-state index in [1.165, 1.54) is 5.56 Å². The molecule has 1 fully saturated rings. The number of amides is 1. The molecule has 1 aromatic carbocycles. The number of hydrogen-bond donors (Lipinski definition) is 1. The standard InChI is InChI=1S/C18H28N2O2/c1-14(2)19(4)13-18(22)9-6-10-20(17(18)21)12-16-8-5-7-15(3)11-16/h5,7-8,11,14,22H,6,9-10,12-13H2,1-4H3. The van der Waals surface area contributed by atoms with Gasteiger partial charge in [-0.1, -0.05) is 29.8 Å². The molecule has 1 saturated heterocycles. The van der Waals surface area contributed by atoms with E-state index in [2.05, 4.69) is 32.9 Å². The molecule has 0 bridgehead atoms. The lowest BCUT2D eigenvalue weighted by Crippen LogP contribution is -2.58. The molecule has 1 unspecified atom stereocenters. The van der Waals surface area contributed by atoms with Crippen LogP contribution in [0.25, 0.3) is 0 Å². The van der Waals surface area contributed by atoms with Crippen LogP contribution in [-0.2, 0) is 11.3 Å². The zero-order valence-corrected chi connectivity index (χ0v) is 14.2. The summed E-state index contributed by atoms with van der Waals surface area (Å²) in [4.78, 5) is 16.6. The van der Waals surface area contributed by atoms with E-state index in [0.717, 1.165) is 18.5 Å². The normalized spacial score (nSPS) is 22.7. The summed E-state index contributed by atoms with van der Waals surface area (Å²) in [7, 11) is 1.95. The van der Waals surface area contributed by atoms with Gasteiger partial charge in [0, 0.05) is 25.7 Å². The number of likely N-dealkylation sites (N-methyl/N-ethyl adjacent to an activating group) is 1. The van der Waals surface area contributed by atoms with Crippen molar-refractivity contribution in [2.24, 2.45) is 0 Å².